The summed E-state index contributed by atoms with van der Waals surface area (Å²) in [6.07, 6.45) is 4.06. The highest BCUT2D eigenvalue weighted by Gasteiger charge is 2.22. The van der Waals surface area contributed by atoms with Crippen LogP contribution in [0.25, 0.3) is 0 Å². The molecule has 1 aromatic heterocycles. The fourth-order valence-electron chi connectivity index (χ4n) is 2.75. The Morgan fingerprint density at radius 2 is 2.29 bits per heavy atom. The van der Waals surface area contributed by atoms with Gasteiger partial charge in [-0.2, -0.15) is 0 Å². The van der Waals surface area contributed by atoms with Crippen molar-refractivity contribution in [3.05, 3.63) is 48.4 Å². The van der Waals surface area contributed by atoms with E-state index in [-0.39, 0.29) is 6.10 Å². The topological polar surface area (TPSA) is 46.9 Å². The van der Waals surface area contributed by atoms with Gasteiger partial charge in [0.2, 0.25) is 0 Å². The lowest BCUT2D eigenvalue weighted by atomic mass is 10.2. The van der Waals surface area contributed by atoms with E-state index in [1.165, 1.54) is 0 Å². The summed E-state index contributed by atoms with van der Waals surface area (Å²) < 4.78 is 16.5. The van der Waals surface area contributed by atoms with Gasteiger partial charge in [0.25, 0.3) is 0 Å². The summed E-state index contributed by atoms with van der Waals surface area (Å²) in [6, 6.07) is 11.6. The Kier molecular flexibility index (Phi) is 5.72. The van der Waals surface area contributed by atoms with Crippen LogP contribution in [0, 0.1) is 0 Å². The number of hydrogen-bond donors (Lipinski definition) is 1. The van der Waals surface area contributed by atoms with Crippen molar-refractivity contribution in [1.82, 2.24) is 4.90 Å². The zero-order chi connectivity index (χ0) is 16.8. The van der Waals surface area contributed by atoms with Crippen molar-refractivity contribution in [1.29, 1.82) is 0 Å². The number of methoxy groups -OCH3 is 1. The molecule has 2 aromatic rings. The second kappa shape index (κ2) is 8.17. The van der Waals surface area contributed by atoms with Gasteiger partial charge >= 0.3 is 0 Å². The predicted octanol–water partition coefficient (Wildman–Crippen LogP) is 3.67. The first-order valence-corrected chi connectivity index (χ1v) is 8.49. The minimum absolute atomic E-state index is 0.213. The Labute approximate surface area is 147 Å². The molecule has 24 heavy (non-hydrogen) atoms. The van der Waals surface area contributed by atoms with Gasteiger partial charge in [-0.3, -0.25) is 0 Å². The molecule has 3 rings (SSSR count). The van der Waals surface area contributed by atoms with Crippen molar-refractivity contribution < 1.29 is 13.9 Å². The fraction of sp³-hybridized carbons (Fsp3) is 0.389. The number of nitrogens with one attached hydrogen (secondary N) is 1. The first kappa shape index (κ1) is 16.8. The molecule has 1 aliphatic rings. The van der Waals surface area contributed by atoms with Gasteiger partial charge < -0.3 is 24.1 Å². The van der Waals surface area contributed by atoms with Gasteiger partial charge in [0, 0.05) is 24.9 Å². The van der Waals surface area contributed by atoms with Gasteiger partial charge in [0.05, 0.1) is 26.0 Å². The smallest absolute Gasteiger partial charge is 0.173 e. The van der Waals surface area contributed by atoms with E-state index < -0.39 is 0 Å². The molecule has 0 spiro atoms. The van der Waals surface area contributed by atoms with E-state index in [4.69, 9.17) is 26.1 Å². The van der Waals surface area contributed by atoms with Crippen LogP contribution in [0.3, 0.4) is 0 Å². The van der Waals surface area contributed by atoms with E-state index in [0.717, 1.165) is 43.2 Å². The predicted molar refractivity (Wildman–Crippen MR) is 97.3 cm³/mol. The lowest BCUT2D eigenvalue weighted by Crippen LogP contribution is -2.39. The van der Waals surface area contributed by atoms with Crippen LogP contribution in [-0.4, -0.2) is 36.4 Å². The largest absolute Gasteiger partial charge is 0.497 e. The van der Waals surface area contributed by atoms with Gasteiger partial charge in [-0.05, 0) is 49.3 Å². The molecule has 1 fully saturated rings. The van der Waals surface area contributed by atoms with Crippen LogP contribution in [0.1, 0.15) is 18.6 Å². The van der Waals surface area contributed by atoms with Crippen LogP contribution in [0.2, 0.25) is 0 Å². The number of ether oxygens (including phenoxy) is 2. The van der Waals surface area contributed by atoms with E-state index in [9.17, 15) is 0 Å². The Morgan fingerprint density at radius 3 is 3.00 bits per heavy atom. The van der Waals surface area contributed by atoms with Crippen LogP contribution in [0.4, 0.5) is 5.69 Å². The van der Waals surface area contributed by atoms with E-state index in [0.29, 0.717) is 11.7 Å². The molecule has 128 valence electrons. The molecule has 1 aliphatic heterocycles. The minimum Gasteiger partial charge on any atom is -0.497 e. The molecule has 1 aromatic carbocycles. The van der Waals surface area contributed by atoms with Crippen molar-refractivity contribution in [3.63, 3.8) is 0 Å². The van der Waals surface area contributed by atoms with E-state index in [2.05, 4.69) is 10.2 Å². The second-order valence-electron chi connectivity index (χ2n) is 5.76. The number of rotatable bonds is 6. The summed E-state index contributed by atoms with van der Waals surface area (Å²) in [6.45, 7) is 2.19. The van der Waals surface area contributed by atoms with Crippen LogP contribution < -0.4 is 10.1 Å². The molecular weight excluding hydrogens is 324 g/mol. The Morgan fingerprint density at radius 1 is 1.38 bits per heavy atom. The number of anilines is 1. The molecule has 2 heterocycles. The molecule has 6 heteroatoms. The standard InChI is InChI=1S/C18H22N2O3S/c1-21-15-6-2-5-14(11-15)19-18(24)20(12-16-7-3-9-22-16)13-17-8-4-10-23-17/h2-3,5-7,9,11,17H,4,8,10,12-13H2,1H3,(H,19,24). The molecular formula is C18H22N2O3S. The molecule has 1 saturated heterocycles. The van der Waals surface area contributed by atoms with Crippen molar-refractivity contribution in [2.24, 2.45) is 0 Å². The third-order valence-corrected chi connectivity index (χ3v) is 4.34. The van der Waals surface area contributed by atoms with E-state index in [1.807, 2.05) is 36.4 Å². The van der Waals surface area contributed by atoms with Gasteiger partial charge in [-0.15, -0.1) is 0 Å². The summed E-state index contributed by atoms with van der Waals surface area (Å²) in [7, 11) is 1.65. The molecule has 0 radical (unpaired) electrons. The van der Waals surface area contributed by atoms with Gasteiger partial charge in [-0.25, -0.2) is 0 Å². The first-order valence-electron chi connectivity index (χ1n) is 8.08. The summed E-state index contributed by atoms with van der Waals surface area (Å²) >= 11 is 5.62. The number of benzene rings is 1. The average Bonchev–Trinajstić information content (AvgIpc) is 3.28. The molecule has 1 unspecified atom stereocenters. The molecule has 0 aliphatic carbocycles. The number of thiocarbonyl (C=S) groups is 1. The number of hydrogen-bond acceptors (Lipinski definition) is 4. The SMILES string of the molecule is COc1cccc(NC(=S)N(Cc2ccco2)CC2CCCO2)c1. The molecule has 1 N–H and O–H groups in total. The maximum atomic E-state index is 5.76. The highest BCUT2D eigenvalue weighted by atomic mass is 32.1. The number of nitrogens with zero attached hydrogens (tertiary/aromatic N) is 1. The molecule has 0 bridgehead atoms. The van der Waals surface area contributed by atoms with Crippen molar-refractivity contribution in [2.75, 3.05) is 25.6 Å². The van der Waals surface area contributed by atoms with Crippen LogP contribution in [-0.2, 0) is 11.3 Å². The maximum absolute atomic E-state index is 5.76. The summed E-state index contributed by atoms with van der Waals surface area (Å²) in [4.78, 5) is 2.09. The number of furan rings is 1. The Hall–Kier alpha value is -2.05. The minimum atomic E-state index is 0.213. The highest BCUT2D eigenvalue weighted by Crippen LogP contribution is 2.19. The van der Waals surface area contributed by atoms with E-state index >= 15 is 0 Å². The zero-order valence-electron chi connectivity index (χ0n) is 13.7. The Bertz CT molecular complexity index is 654. The van der Waals surface area contributed by atoms with Crippen LogP contribution in [0.5, 0.6) is 5.75 Å². The second-order valence-corrected chi connectivity index (χ2v) is 6.14. The van der Waals surface area contributed by atoms with Crippen molar-refractivity contribution >= 4 is 23.0 Å². The Balaban J connectivity index is 1.69. The maximum Gasteiger partial charge on any atom is 0.173 e. The van der Waals surface area contributed by atoms with Gasteiger partial charge in [0.15, 0.2) is 5.11 Å². The van der Waals surface area contributed by atoms with Gasteiger partial charge in [0.1, 0.15) is 11.5 Å². The first-order chi connectivity index (χ1) is 11.7. The lowest BCUT2D eigenvalue weighted by Gasteiger charge is -2.27. The third-order valence-electron chi connectivity index (χ3n) is 3.98. The average molecular weight is 346 g/mol. The monoisotopic (exact) mass is 346 g/mol. The summed E-state index contributed by atoms with van der Waals surface area (Å²) in [5.74, 6) is 1.67. The van der Waals surface area contributed by atoms with Crippen LogP contribution in [0.15, 0.2) is 47.1 Å². The normalized spacial score (nSPS) is 16.8. The van der Waals surface area contributed by atoms with Crippen LogP contribution >= 0.6 is 12.2 Å². The lowest BCUT2D eigenvalue weighted by molar-refractivity contribution is 0.0892. The molecule has 5 nitrogen and oxygen atoms in total. The molecule has 0 amide bonds. The fourth-order valence-corrected chi connectivity index (χ4v) is 3.00. The third kappa shape index (κ3) is 4.49. The molecule has 1 atom stereocenters. The van der Waals surface area contributed by atoms with Crippen molar-refractivity contribution in [3.8, 4) is 5.75 Å². The quantitative estimate of drug-likeness (QED) is 0.806. The van der Waals surface area contributed by atoms with E-state index in [1.54, 1.807) is 13.4 Å². The van der Waals surface area contributed by atoms with Gasteiger partial charge in [-0.1, -0.05) is 6.07 Å². The molecule has 0 saturated carbocycles. The van der Waals surface area contributed by atoms with Crippen molar-refractivity contribution in [2.45, 2.75) is 25.5 Å². The summed E-state index contributed by atoms with van der Waals surface area (Å²) in [5.41, 5.74) is 0.899. The summed E-state index contributed by atoms with van der Waals surface area (Å²) in [5, 5.41) is 3.93. The highest BCUT2D eigenvalue weighted by molar-refractivity contribution is 7.80. The zero-order valence-corrected chi connectivity index (χ0v) is 14.6.